The molecule has 3 rings (SSSR count). The minimum atomic E-state index is -0.174. The summed E-state index contributed by atoms with van der Waals surface area (Å²) in [6.45, 7) is 0.489. The highest BCUT2D eigenvalue weighted by Crippen LogP contribution is 2.16. The first-order valence-corrected chi connectivity index (χ1v) is 7.05. The average molecular weight is 310 g/mol. The van der Waals surface area contributed by atoms with E-state index in [1.54, 1.807) is 18.5 Å². The molecule has 0 bridgehead atoms. The number of benzene rings is 1. The van der Waals surface area contributed by atoms with Gasteiger partial charge in [-0.15, -0.1) is 0 Å². The number of aliphatic hydroxyl groups is 1. The molecule has 6 heteroatoms. The first-order chi connectivity index (χ1) is 11.3. The number of nitrogens with zero attached hydrogens (tertiary/aromatic N) is 2. The fourth-order valence-corrected chi connectivity index (χ4v) is 1.98. The lowest BCUT2D eigenvalue weighted by molar-refractivity contribution is 0.0946. The van der Waals surface area contributed by atoms with Gasteiger partial charge in [0.05, 0.1) is 5.69 Å². The van der Waals surface area contributed by atoms with Crippen molar-refractivity contribution in [3.8, 4) is 11.3 Å². The molecule has 1 amide bonds. The summed E-state index contributed by atoms with van der Waals surface area (Å²) in [6.07, 6.45) is 3.39. The van der Waals surface area contributed by atoms with E-state index in [4.69, 9.17) is 5.11 Å². The Kier molecular flexibility index (Phi) is 6.02. The molecule has 0 fully saturated rings. The topological polar surface area (TPSA) is 90.9 Å². The molecule has 3 N–H and O–H groups in total. The lowest BCUT2D eigenvalue weighted by Crippen LogP contribution is -2.23. The highest BCUT2D eigenvalue weighted by Gasteiger charge is 2.10. The number of H-pyrrole nitrogens is 1. The molecule has 1 aromatic carbocycles. The average Bonchev–Trinajstić information content (AvgIpc) is 3.13. The van der Waals surface area contributed by atoms with Gasteiger partial charge >= 0.3 is 0 Å². The van der Waals surface area contributed by atoms with E-state index >= 15 is 0 Å². The first-order valence-electron chi connectivity index (χ1n) is 7.05. The van der Waals surface area contributed by atoms with Crippen molar-refractivity contribution in [1.29, 1.82) is 0 Å². The van der Waals surface area contributed by atoms with Gasteiger partial charge in [0, 0.05) is 31.6 Å². The van der Waals surface area contributed by atoms with Gasteiger partial charge in [0.2, 0.25) is 0 Å². The van der Waals surface area contributed by atoms with Crippen LogP contribution >= 0.6 is 0 Å². The summed E-state index contributed by atoms with van der Waals surface area (Å²) in [4.78, 5) is 16.0. The molecule has 2 heterocycles. The smallest absolute Gasteiger partial charge is 0.269 e. The molecule has 23 heavy (non-hydrogen) atoms. The SMILES string of the molecule is CO.O=C(NCc1ccccc1)c1cc(-c2ccncc2)n[nH]1. The van der Waals surface area contributed by atoms with Gasteiger partial charge in [0.25, 0.3) is 5.91 Å². The third-order valence-corrected chi connectivity index (χ3v) is 3.09. The van der Waals surface area contributed by atoms with Crippen LogP contribution in [0.15, 0.2) is 60.9 Å². The minimum absolute atomic E-state index is 0.174. The molecule has 0 aliphatic heterocycles. The molecule has 6 nitrogen and oxygen atoms in total. The third kappa shape index (κ3) is 4.49. The Morgan fingerprint density at radius 2 is 1.83 bits per heavy atom. The molecular formula is C17H18N4O2. The molecule has 3 aromatic rings. The van der Waals surface area contributed by atoms with Crippen LogP contribution < -0.4 is 5.32 Å². The largest absolute Gasteiger partial charge is 0.400 e. The summed E-state index contributed by atoms with van der Waals surface area (Å²) in [5, 5.41) is 16.8. The molecular weight excluding hydrogens is 292 g/mol. The van der Waals surface area contributed by atoms with Gasteiger partial charge in [0.15, 0.2) is 0 Å². The van der Waals surface area contributed by atoms with Crippen LogP contribution in [0.2, 0.25) is 0 Å². The van der Waals surface area contributed by atoms with Crippen molar-refractivity contribution < 1.29 is 9.90 Å². The summed E-state index contributed by atoms with van der Waals surface area (Å²) >= 11 is 0. The summed E-state index contributed by atoms with van der Waals surface area (Å²) in [7, 11) is 1.00. The van der Waals surface area contributed by atoms with Gasteiger partial charge in [0.1, 0.15) is 5.69 Å². The molecule has 118 valence electrons. The van der Waals surface area contributed by atoms with Gasteiger partial charge in [-0.1, -0.05) is 30.3 Å². The predicted octanol–water partition coefficient (Wildman–Crippen LogP) is 2.01. The molecule has 0 atom stereocenters. The number of carbonyl (C=O) groups excluding carboxylic acids is 1. The zero-order chi connectivity index (χ0) is 16.5. The summed E-state index contributed by atoms with van der Waals surface area (Å²) in [6, 6.07) is 15.2. The number of carbonyl (C=O) groups is 1. The molecule has 0 saturated heterocycles. The highest BCUT2D eigenvalue weighted by atomic mass is 16.2. The predicted molar refractivity (Wildman–Crippen MR) is 87.6 cm³/mol. The minimum Gasteiger partial charge on any atom is -0.400 e. The van der Waals surface area contributed by atoms with Gasteiger partial charge < -0.3 is 10.4 Å². The van der Waals surface area contributed by atoms with Crippen molar-refractivity contribution in [2.24, 2.45) is 0 Å². The van der Waals surface area contributed by atoms with Crippen molar-refractivity contribution in [1.82, 2.24) is 20.5 Å². The van der Waals surface area contributed by atoms with Gasteiger partial charge in [-0.25, -0.2) is 0 Å². The number of pyridine rings is 1. The fraction of sp³-hybridized carbons (Fsp3) is 0.118. The molecule has 0 saturated carbocycles. The van der Waals surface area contributed by atoms with E-state index in [0.29, 0.717) is 12.2 Å². The van der Waals surface area contributed by atoms with Crippen LogP contribution in [-0.4, -0.2) is 33.3 Å². The second-order valence-corrected chi connectivity index (χ2v) is 4.57. The molecule has 0 radical (unpaired) electrons. The fourth-order valence-electron chi connectivity index (χ4n) is 1.98. The second-order valence-electron chi connectivity index (χ2n) is 4.57. The molecule has 2 aromatic heterocycles. The van der Waals surface area contributed by atoms with Crippen LogP contribution in [0.4, 0.5) is 0 Å². The van der Waals surface area contributed by atoms with Crippen LogP contribution in [0.3, 0.4) is 0 Å². The van der Waals surface area contributed by atoms with Crippen molar-refractivity contribution in [2.75, 3.05) is 7.11 Å². The Morgan fingerprint density at radius 3 is 2.52 bits per heavy atom. The molecule has 0 unspecified atom stereocenters. The Balaban J connectivity index is 0.000000924. The zero-order valence-corrected chi connectivity index (χ0v) is 12.7. The maximum atomic E-state index is 12.1. The number of amides is 1. The third-order valence-electron chi connectivity index (χ3n) is 3.09. The zero-order valence-electron chi connectivity index (χ0n) is 12.7. The quantitative estimate of drug-likeness (QED) is 0.687. The van der Waals surface area contributed by atoms with Gasteiger partial charge in [-0.05, 0) is 23.8 Å². The second kappa shape index (κ2) is 8.45. The Labute approximate surface area is 134 Å². The summed E-state index contributed by atoms with van der Waals surface area (Å²) < 4.78 is 0. The number of nitrogens with one attached hydrogen (secondary N) is 2. The van der Waals surface area contributed by atoms with E-state index in [2.05, 4.69) is 20.5 Å². The summed E-state index contributed by atoms with van der Waals surface area (Å²) in [5.41, 5.74) is 3.14. The lowest BCUT2D eigenvalue weighted by atomic mass is 10.2. The lowest BCUT2D eigenvalue weighted by Gasteiger charge is -2.02. The van der Waals surface area contributed by atoms with Crippen LogP contribution in [0, 0.1) is 0 Å². The normalized spacial score (nSPS) is 9.65. The van der Waals surface area contributed by atoms with E-state index in [0.717, 1.165) is 23.9 Å². The number of hydrogen-bond donors (Lipinski definition) is 3. The van der Waals surface area contributed by atoms with E-state index in [-0.39, 0.29) is 5.91 Å². The van der Waals surface area contributed by atoms with E-state index in [1.807, 2.05) is 42.5 Å². The number of aromatic nitrogens is 3. The summed E-state index contributed by atoms with van der Waals surface area (Å²) in [5.74, 6) is -0.174. The molecule has 0 spiro atoms. The van der Waals surface area contributed by atoms with E-state index in [9.17, 15) is 4.79 Å². The number of rotatable bonds is 4. The Bertz CT molecular complexity index is 727. The number of aromatic amines is 1. The van der Waals surface area contributed by atoms with Crippen molar-refractivity contribution in [3.63, 3.8) is 0 Å². The number of hydrogen-bond acceptors (Lipinski definition) is 4. The van der Waals surface area contributed by atoms with Crippen LogP contribution in [0.5, 0.6) is 0 Å². The van der Waals surface area contributed by atoms with Gasteiger partial charge in [-0.2, -0.15) is 5.10 Å². The van der Waals surface area contributed by atoms with Gasteiger partial charge in [-0.3, -0.25) is 14.9 Å². The van der Waals surface area contributed by atoms with Crippen molar-refractivity contribution in [3.05, 3.63) is 72.2 Å². The monoisotopic (exact) mass is 310 g/mol. The van der Waals surface area contributed by atoms with Crippen molar-refractivity contribution in [2.45, 2.75) is 6.54 Å². The Morgan fingerprint density at radius 1 is 1.13 bits per heavy atom. The molecule has 0 aliphatic rings. The molecule has 0 aliphatic carbocycles. The van der Waals surface area contributed by atoms with Crippen molar-refractivity contribution >= 4 is 5.91 Å². The first kappa shape index (κ1) is 16.4. The highest BCUT2D eigenvalue weighted by molar-refractivity contribution is 5.93. The Hall–Kier alpha value is -2.99. The maximum absolute atomic E-state index is 12.1. The van der Waals surface area contributed by atoms with Crippen LogP contribution in [0.1, 0.15) is 16.1 Å². The van der Waals surface area contributed by atoms with Crippen LogP contribution in [-0.2, 0) is 6.54 Å². The standard InChI is InChI=1S/C16H14N4O.CH4O/c21-16(18-11-12-4-2-1-3-5-12)15-10-14(19-20-15)13-6-8-17-9-7-13;1-2/h1-10H,11H2,(H,18,21)(H,19,20);2H,1H3. The van der Waals surface area contributed by atoms with E-state index in [1.165, 1.54) is 0 Å². The maximum Gasteiger partial charge on any atom is 0.269 e. The number of aliphatic hydroxyl groups excluding tert-OH is 1. The van der Waals surface area contributed by atoms with Crippen LogP contribution in [0.25, 0.3) is 11.3 Å². The van der Waals surface area contributed by atoms with E-state index < -0.39 is 0 Å².